The molecule has 0 aliphatic heterocycles. The molecule has 7 nitrogen and oxygen atoms in total. The fraction of sp³-hybridized carbons (Fsp3) is 0.412. The van der Waals surface area contributed by atoms with Gasteiger partial charge in [0.05, 0.1) is 13.0 Å². The Hall–Kier alpha value is -2.22. The van der Waals surface area contributed by atoms with Crippen LogP contribution in [0.1, 0.15) is 37.0 Å². The molecule has 2 N–H and O–H groups in total. The van der Waals surface area contributed by atoms with Gasteiger partial charge in [0.2, 0.25) is 5.91 Å². The summed E-state index contributed by atoms with van der Waals surface area (Å²) in [6.07, 6.45) is -0.116. The molecular weight excluding hydrogens is 392 g/mol. The van der Waals surface area contributed by atoms with E-state index in [0.29, 0.717) is 5.56 Å². The monoisotopic (exact) mass is 412 g/mol. The van der Waals surface area contributed by atoms with Crippen molar-refractivity contribution in [2.45, 2.75) is 32.7 Å². The number of ketones is 1. The van der Waals surface area contributed by atoms with Crippen LogP contribution in [0, 0.1) is 0 Å². The summed E-state index contributed by atoms with van der Waals surface area (Å²) in [6, 6.07) is 6.78. The van der Waals surface area contributed by atoms with Gasteiger partial charge < -0.3 is 15.4 Å². The second-order valence-electron chi connectivity index (χ2n) is 5.59. The minimum atomic E-state index is -0.646. The number of benzene rings is 1. The van der Waals surface area contributed by atoms with E-state index in [0.717, 1.165) is 4.47 Å². The fourth-order valence-corrected chi connectivity index (χ4v) is 2.08. The molecular formula is C17H21BrN2O5. The molecule has 0 aliphatic rings. The highest BCUT2D eigenvalue weighted by Crippen LogP contribution is 2.12. The molecule has 0 aliphatic carbocycles. The molecule has 1 aromatic carbocycles. The SMILES string of the molecule is CC(C)NC(=O)CNC(=O)COC(=O)CCC(=O)c1ccc(Br)cc1. The number of ether oxygens (including phenoxy) is 1. The molecule has 0 unspecified atom stereocenters. The van der Waals surface area contributed by atoms with Crippen LogP contribution >= 0.6 is 15.9 Å². The standard InChI is InChI=1S/C17H21BrN2O5/c1-11(2)20-15(22)9-19-16(23)10-25-17(24)8-7-14(21)12-3-5-13(18)6-4-12/h3-6,11H,7-10H2,1-2H3,(H,19,23)(H,20,22). The maximum Gasteiger partial charge on any atom is 0.306 e. The first-order valence-corrected chi connectivity index (χ1v) is 8.57. The molecule has 0 saturated heterocycles. The predicted octanol–water partition coefficient (Wildman–Crippen LogP) is 1.60. The number of esters is 1. The lowest BCUT2D eigenvalue weighted by Crippen LogP contribution is -2.41. The van der Waals surface area contributed by atoms with Gasteiger partial charge in [-0.25, -0.2) is 0 Å². The number of hydrogen-bond acceptors (Lipinski definition) is 5. The Morgan fingerprint density at radius 1 is 1.04 bits per heavy atom. The third-order valence-corrected chi connectivity index (χ3v) is 3.51. The van der Waals surface area contributed by atoms with Gasteiger partial charge in [-0.15, -0.1) is 0 Å². The summed E-state index contributed by atoms with van der Waals surface area (Å²) in [5, 5.41) is 4.95. The minimum Gasteiger partial charge on any atom is -0.456 e. The molecule has 8 heteroatoms. The largest absolute Gasteiger partial charge is 0.456 e. The molecule has 2 amide bonds. The fourth-order valence-electron chi connectivity index (χ4n) is 1.82. The molecule has 0 spiro atoms. The highest BCUT2D eigenvalue weighted by Gasteiger charge is 2.12. The topological polar surface area (TPSA) is 102 Å². The molecule has 0 heterocycles. The maximum absolute atomic E-state index is 11.9. The zero-order valence-electron chi connectivity index (χ0n) is 14.1. The number of nitrogens with one attached hydrogen (secondary N) is 2. The molecule has 25 heavy (non-hydrogen) atoms. The lowest BCUT2D eigenvalue weighted by Gasteiger charge is -2.09. The smallest absolute Gasteiger partial charge is 0.306 e. The molecule has 136 valence electrons. The van der Waals surface area contributed by atoms with Crippen molar-refractivity contribution >= 4 is 39.5 Å². The van der Waals surface area contributed by atoms with Crippen LogP contribution in [0.15, 0.2) is 28.7 Å². The van der Waals surface area contributed by atoms with Gasteiger partial charge in [-0.1, -0.05) is 28.1 Å². The molecule has 0 atom stereocenters. The van der Waals surface area contributed by atoms with Crippen molar-refractivity contribution in [1.29, 1.82) is 0 Å². The Morgan fingerprint density at radius 2 is 1.68 bits per heavy atom. The van der Waals surface area contributed by atoms with Crippen LogP contribution in [0.5, 0.6) is 0 Å². The van der Waals surface area contributed by atoms with Gasteiger partial charge in [0.1, 0.15) is 0 Å². The second kappa shape index (κ2) is 10.6. The van der Waals surface area contributed by atoms with Crippen molar-refractivity contribution in [1.82, 2.24) is 10.6 Å². The second-order valence-corrected chi connectivity index (χ2v) is 6.51. The normalized spacial score (nSPS) is 10.2. The zero-order valence-corrected chi connectivity index (χ0v) is 15.7. The van der Waals surface area contributed by atoms with Crippen LogP contribution in [0.3, 0.4) is 0 Å². The minimum absolute atomic E-state index is 0.00111. The van der Waals surface area contributed by atoms with Crippen LogP contribution in [0.25, 0.3) is 0 Å². The van der Waals surface area contributed by atoms with Gasteiger partial charge in [-0.05, 0) is 26.0 Å². The number of amides is 2. The first kappa shape index (κ1) is 20.8. The summed E-state index contributed by atoms with van der Waals surface area (Å²) in [6.45, 7) is 2.94. The van der Waals surface area contributed by atoms with Crippen LogP contribution < -0.4 is 10.6 Å². The van der Waals surface area contributed by atoms with E-state index in [1.165, 1.54) is 0 Å². The average Bonchev–Trinajstić information content (AvgIpc) is 2.56. The third kappa shape index (κ3) is 8.99. The summed E-state index contributed by atoms with van der Waals surface area (Å²) < 4.78 is 5.64. The first-order chi connectivity index (χ1) is 11.8. The summed E-state index contributed by atoms with van der Waals surface area (Å²) in [5.41, 5.74) is 0.505. The first-order valence-electron chi connectivity index (χ1n) is 7.78. The highest BCUT2D eigenvalue weighted by atomic mass is 79.9. The molecule has 0 fully saturated rings. The van der Waals surface area contributed by atoms with Crippen LogP contribution in [-0.4, -0.2) is 42.8 Å². The van der Waals surface area contributed by atoms with Gasteiger partial charge in [-0.2, -0.15) is 0 Å². The van der Waals surface area contributed by atoms with E-state index in [1.54, 1.807) is 38.1 Å². The van der Waals surface area contributed by atoms with Crippen LogP contribution in [-0.2, 0) is 19.1 Å². The van der Waals surface area contributed by atoms with E-state index in [9.17, 15) is 19.2 Å². The van der Waals surface area contributed by atoms with Crippen molar-refractivity contribution in [2.24, 2.45) is 0 Å². The summed E-state index contributed by atoms with van der Waals surface area (Å²) in [5.74, 6) is -1.73. The molecule has 0 aromatic heterocycles. The van der Waals surface area contributed by atoms with E-state index in [4.69, 9.17) is 4.74 Å². The molecule has 1 rings (SSSR count). The average molecular weight is 413 g/mol. The van der Waals surface area contributed by atoms with Gasteiger partial charge in [-0.3, -0.25) is 19.2 Å². The number of carbonyl (C=O) groups is 4. The Balaban J connectivity index is 2.23. The molecule has 0 saturated carbocycles. The summed E-state index contributed by atoms with van der Waals surface area (Å²) >= 11 is 3.28. The number of rotatable bonds is 9. The summed E-state index contributed by atoms with van der Waals surface area (Å²) in [4.78, 5) is 46.3. The van der Waals surface area contributed by atoms with Crippen molar-refractivity contribution in [2.75, 3.05) is 13.2 Å². The van der Waals surface area contributed by atoms with Crippen LogP contribution in [0.2, 0.25) is 0 Å². The Kier molecular flexibility index (Phi) is 8.83. The number of carbonyl (C=O) groups excluding carboxylic acids is 4. The summed E-state index contributed by atoms with van der Waals surface area (Å²) in [7, 11) is 0. The molecule has 0 radical (unpaired) electrons. The quantitative estimate of drug-likeness (QED) is 0.473. The Labute approximate surface area is 154 Å². The van der Waals surface area contributed by atoms with Gasteiger partial charge in [0.25, 0.3) is 5.91 Å². The Bertz CT molecular complexity index is 628. The lowest BCUT2D eigenvalue weighted by molar-refractivity contribution is -0.148. The number of halogens is 1. The number of Topliss-reactive ketones (excluding diaryl/α,β-unsaturated/α-hetero) is 1. The third-order valence-electron chi connectivity index (χ3n) is 2.98. The maximum atomic E-state index is 11.9. The van der Waals surface area contributed by atoms with Crippen molar-refractivity contribution in [3.05, 3.63) is 34.3 Å². The van der Waals surface area contributed by atoms with E-state index >= 15 is 0 Å². The van der Waals surface area contributed by atoms with Crippen molar-refractivity contribution < 1.29 is 23.9 Å². The number of hydrogen-bond donors (Lipinski definition) is 2. The Morgan fingerprint density at radius 3 is 2.28 bits per heavy atom. The van der Waals surface area contributed by atoms with Gasteiger partial charge in [0.15, 0.2) is 12.4 Å². The highest BCUT2D eigenvalue weighted by molar-refractivity contribution is 9.10. The van der Waals surface area contributed by atoms with E-state index in [1.807, 2.05) is 0 Å². The van der Waals surface area contributed by atoms with Gasteiger partial charge >= 0.3 is 5.97 Å². The van der Waals surface area contributed by atoms with E-state index in [-0.39, 0.29) is 37.1 Å². The van der Waals surface area contributed by atoms with Crippen molar-refractivity contribution in [3.8, 4) is 0 Å². The molecule has 1 aromatic rings. The molecule has 0 bridgehead atoms. The zero-order chi connectivity index (χ0) is 18.8. The predicted molar refractivity (Wildman–Crippen MR) is 95.0 cm³/mol. The van der Waals surface area contributed by atoms with Gasteiger partial charge in [0, 0.05) is 22.5 Å². The lowest BCUT2D eigenvalue weighted by atomic mass is 10.1. The van der Waals surface area contributed by atoms with E-state index < -0.39 is 18.5 Å². The van der Waals surface area contributed by atoms with E-state index in [2.05, 4.69) is 26.6 Å². The van der Waals surface area contributed by atoms with Crippen LogP contribution in [0.4, 0.5) is 0 Å². The van der Waals surface area contributed by atoms with Crippen molar-refractivity contribution in [3.63, 3.8) is 0 Å².